The van der Waals surface area contributed by atoms with Crippen LogP contribution in [-0.2, 0) is 6.54 Å². The summed E-state index contributed by atoms with van der Waals surface area (Å²) >= 11 is 3.49. The van der Waals surface area contributed by atoms with Gasteiger partial charge in [0.1, 0.15) is 6.07 Å². The fourth-order valence-corrected chi connectivity index (χ4v) is 2.58. The monoisotopic (exact) mass is 343 g/mol. The molecule has 108 valence electrons. The standard InChI is InChI=1S/C17H18BrN3/c18-16-8-7-15(12-20)17(11-16)21(10-4-9-19)13-14-5-2-1-3-6-14/h1-3,5-8,11H,4,9-10,13,19H2. The van der Waals surface area contributed by atoms with Crippen molar-refractivity contribution in [1.82, 2.24) is 0 Å². The summed E-state index contributed by atoms with van der Waals surface area (Å²) < 4.78 is 0.974. The Balaban J connectivity index is 2.31. The Morgan fingerprint density at radius 1 is 1.14 bits per heavy atom. The van der Waals surface area contributed by atoms with Crippen molar-refractivity contribution >= 4 is 21.6 Å². The first kappa shape index (κ1) is 15.6. The summed E-state index contributed by atoms with van der Waals surface area (Å²) in [6, 6.07) is 18.3. The molecule has 2 N–H and O–H groups in total. The Morgan fingerprint density at radius 2 is 1.90 bits per heavy atom. The third-order valence-corrected chi connectivity index (χ3v) is 3.76. The molecule has 0 aliphatic heterocycles. The molecule has 3 nitrogen and oxygen atoms in total. The van der Waals surface area contributed by atoms with E-state index in [4.69, 9.17) is 5.73 Å². The van der Waals surface area contributed by atoms with Crippen LogP contribution in [0.4, 0.5) is 5.69 Å². The summed E-state index contributed by atoms with van der Waals surface area (Å²) in [6.45, 7) is 2.24. The van der Waals surface area contributed by atoms with Gasteiger partial charge >= 0.3 is 0 Å². The number of nitrogens with zero attached hydrogens (tertiary/aromatic N) is 2. The van der Waals surface area contributed by atoms with Gasteiger partial charge < -0.3 is 10.6 Å². The lowest BCUT2D eigenvalue weighted by Crippen LogP contribution is -2.26. The summed E-state index contributed by atoms with van der Waals surface area (Å²) in [5.74, 6) is 0. The fourth-order valence-electron chi connectivity index (χ4n) is 2.23. The van der Waals surface area contributed by atoms with Crippen molar-refractivity contribution in [3.8, 4) is 6.07 Å². The van der Waals surface area contributed by atoms with Crippen LogP contribution in [0.15, 0.2) is 53.0 Å². The number of benzene rings is 2. The maximum atomic E-state index is 9.33. The maximum absolute atomic E-state index is 9.33. The minimum absolute atomic E-state index is 0.640. The number of hydrogen-bond acceptors (Lipinski definition) is 3. The molecule has 0 atom stereocenters. The molecule has 4 heteroatoms. The topological polar surface area (TPSA) is 53.0 Å². The Morgan fingerprint density at radius 3 is 2.57 bits per heavy atom. The molecule has 0 saturated carbocycles. The highest BCUT2D eigenvalue weighted by molar-refractivity contribution is 9.10. The number of hydrogen-bond donors (Lipinski definition) is 1. The van der Waals surface area contributed by atoms with Crippen molar-refractivity contribution in [2.45, 2.75) is 13.0 Å². The molecule has 2 rings (SSSR count). The van der Waals surface area contributed by atoms with E-state index in [0.29, 0.717) is 12.1 Å². The Hall–Kier alpha value is -1.83. The molecule has 0 aliphatic rings. The van der Waals surface area contributed by atoms with Crippen LogP contribution in [0.5, 0.6) is 0 Å². The Labute approximate surface area is 134 Å². The SMILES string of the molecule is N#Cc1ccc(Br)cc1N(CCCN)Cc1ccccc1. The van der Waals surface area contributed by atoms with Gasteiger partial charge in [0.05, 0.1) is 11.3 Å². The average molecular weight is 344 g/mol. The van der Waals surface area contributed by atoms with E-state index >= 15 is 0 Å². The minimum Gasteiger partial charge on any atom is -0.366 e. The van der Waals surface area contributed by atoms with Crippen molar-refractivity contribution in [3.63, 3.8) is 0 Å². The van der Waals surface area contributed by atoms with Gasteiger partial charge in [-0.2, -0.15) is 5.26 Å². The van der Waals surface area contributed by atoms with Crippen LogP contribution in [0.3, 0.4) is 0 Å². The summed E-state index contributed by atoms with van der Waals surface area (Å²) in [5, 5.41) is 9.33. The lowest BCUT2D eigenvalue weighted by molar-refractivity contribution is 0.735. The van der Waals surface area contributed by atoms with Gasteiger partial charge in [0.25, 0.3) is 0 Å². The molecule has 2 aromatic rings. The normalized spacial score (nSPS) is 10.1. The largest absolute Gasteiger partial charge is 0.366 e. The van der Waals surface area contributed by atoms with E-state index in [1.165, 1.54) is 5.56 Å². The van der Waals surface area contributed by atoms with Gasteiger partial charge in [0.2, 0.25) is 0 Å². The van der Waals surface area contributed by atoms with Crippen LogP contribution in [0.2, 0.25) is 0 Å². The van der Waals surface area contributed by atoms with Gasteiger partial charge in [0, 0.05) is 17.6 Å². The summed E-state index contributed by atoms with van der Waals surface area (Å²) in [7, 11) is 0. The molecule has 0 amide bonds. The second-order valence-electron chi connectivity index (χ2n) is 4.82. The number of halogens is 1. The smallest absolute Gasteiger partial charge is 0.101 e. The molecule has 0 heterocycles. The molecule has 21 heavy (non-hydrogen) atoms. The van der Waals surface area contributed by atoms with Crippen molar-refractivity contribution < 1.29 is 0 Å². The third kappa shape index (κ3) is 4.32. The second kappa shape index (κ2) is 7.82. The van der Waals surface area contributed by atoms with Crippen molar-refractivity contribution in [3.05, 3.63) is 64.1 Å². The summed E-state index contributed by atoms with van der Waals surface area (Å²) in [6.07, 6.45) is 0.893. The average Bonchev–Trinajstić information content (AvgIpc) is 2.52. The van der Waals surface area contributed by atoms with Crippen LogP contribution in [0.1, 0.15) is 17.5 Å². The van der Waals surface area contributed by atoms with E-state index in [0.717, 1.165) is 29.7 Å². The second-order valence-corrected chi connectivity index (χ2v) is 5.74. The van der Waals surface area contributed by atoms with Gasteiger partial charge in [-0.1, -0.05) is 46.3 Å². The van der Waals surface area contributed by atoms with Crippen LogP contribution < -0.4 is 10.6 Å². The van der Waals surface area contributed by atoms with E-state index < -0.39 is 0 Å². The highest BCUT2D eigenvalue weighted by Gasteiger charge is 2.12. The van der Waals surface area contributed by atoms with Crippen molar-refractivity contribution in [2.75, 3.05) is 18.0 Å². The number of anilines is 1. The van der Waals surface area contributed by atoms with Crippen LogP contribution >= 0.6 is 15.9 Å². The van der Waals surface area contributed by atoms with Crippen LogP contribution in [-0.4, -0.2) is 13.1 Å². The first-order chi connectivity index (χ1) is 10.2. The Bertz CT molecular complexity index is 620. The van der Waals surface area contributed by atoms with Gasteiger partial charge in [-0.3, -0.25) is 0 Å². The zero-order chi connectivity index (χ0) is 15.1. The molecule has 0 spiro atoms. The third-order valence-electron chi connectivity index (χ3n) is 3.27. The highest BCUT2D eigenvalue weighted by atomic mass is 79.9. The highest BCUT2D eigenvalue weighted by Crippen LogP contribution is 2.26. The lowest BCUT2D eigenvalue weighted by Gasteiger charge is -2.26. The molecular weight excluding hydrogens is 326 g/mol. The van der Waals surface area contributed by atoms with Gasteiger partial charge in [-0.25, -0.2) is 0 Å². The molecule has 0 fully saturated rings. The van der Waals surface area contributed by atoms with Crippen LogP contribution in [0.25, 0.3) is 0 Å². The molecule has 0 saturated heterocycles. The number of nitrogens with two attached hydrogens (primary N) is 1. The van der Waals surface area contributed by atoms with E-state index in [9.17, 15) is 5.26 Å². The van der Waals surface area contributed by atoms with Crippen LogP contribution in [0, 0.1) is 11.3 Å². The van der Waals surface area contributed by atoms with Gasteiger partial charge in [-0.05, 0) is 36.7 Å². The molecule has 0 radical (unpaired) electrons. The molecule has 0 bridgehead atoms. The molecule has 0 aromatic heterocycles. The Kier molecular flexibility index (Phi) is 5.79. The number of nitriles is 1. The lowest BCUT2D eigenvalue weighted by atomic mass is 10.1. The van der Waals surface area contributed by atoms with E-state index in [1.54, 1.807) is 0 Å². The molecular formula is C17H18BrN3. The minimum atomic E-state index is 0.640. The van der Waals surface area contributed by atoms with E-state index in [2.05, 4.69) is 39.0 Å². The van der Waals surface area contributed by atoms with Gasteiger partial charge in [-0.15, -0.1) is 0 Å². The zero-order valence-corrected chi connectivity index (χ0v) is 13.4. The fraction of sp³-hybridized carbons (Fsp3) is 0.235. The van der Waals surface area contributed by atoms with Gasteiger partial charge in [0.15, 0.2) is 0 Å². The quantitative estimate of drug-likeness (QED) is 0.870. The predicted molar refractivity (Wildman–Crippen MR) is 90.0 cm³/mol. The van der Waals surface area contributed by atoms with E-state index in [1.807, 2.05) is 36.4 Å². The van der Waals surface area contributed by atoms with Crippen molar-refractivity contribution in [1.29, 1.82) is 5.26 Å². The van der Waals surface area contributed by atoms with E-state index in [-0.39, 0.29) is 0 Å². The molecule has 0 aliphatic carbocycles. The first-order valence-corrected chi connectivity index (χ1v) is 7.72. The molecule has 0 unspecified atom stereocenters. The zero-order valence-electron chi connectivity index (χ0n) is 11.8. The first-order valence-electron chi connectivity index (χ1n) is 6.93. The maximum Gasteiger partial charge on any atom is 0.101 e. The predicted octanol–water partition coefficient (Wildman–Crippen LogP) is 3.68. The molecule has 2 aromatic carbocycles. The summed E-state index contributed by atoms with van der Waals surface area (Å²) in [5.41, 5.74) is 8.50. The number of rotatable bonds is 6. The van der Waals surface area contributed by atoms with Crippen molar-refractivity contribution in [2.24, 2.45) is 5.73 Å². The summed E-state index contributed by atoms with van der Waals surface area (Å²) in [4.78, 5) is 2.21.